The summed E-state index contributed by atoms with van der Waals surface area (Å²) in [4.78, 5) is 0. The summed E-state index contributed by atoms with van der Waals surface area (Å²) in [6, 6.07) is 148. The van der Waals surface area contributed by atoms with Crippen molar-refractivity contribution in [3.8, 4) is 22.6 Å². The Hall–Kier alpha value is -10.0. The number of hydrogen-bond acceptors (Lipinski definition) is 2. The monoisotopic (exact) mass is 1280 g/mol. The van der Waals surface area contributed by atoms with Crippen molar-refractivity contribution in [2.45, 2.75) is 12.3 Å². The van der Waals surface area contributed by atoms with Gasteiger partial charge in [-0.3, -0.25) is 0 Å². The Kier molecular flexibility index (Phi) is 17.2. The van der Waals surface area contributed by atoms with Gasteiger partial charge in [-0.05, 0) is 126 Å². The maximum absolute atomic E-state index is 7.58. The molecule has 0 aliphatic carbocycles. The molecule has 2 nitrogen and oxygen atoms in total. The van der Waals surface area contributed by atoms with E-state index >= 15 is 0 Å². The van der Waals surface area contributed by atoms with E-state index in [4.69, 9.17) is 9.47 Å². The van der Waals surface area contributed by atoms with Crippen LogP contribution in [-0.4, -0.2) is 29.4 Å². The molecular formula is C88H72O2P2Si2+2. The van der Waals surface area contributed by atoms with Gasteiger partial charge in [-0.2, -0.15) is 0 Å². The van der Waals surface area contributed by atoms with Crippen molar-refractivity contribution in [2.24, 2.45) is 0 Å². The van der Waals surface area contributed by atoms with Gasteiger partial charge in [-0.1, -0.05) is 303 Å². The molecular weight excluding hydrogens is 1210 g/mol. The van der Waals surface area contributed by atoms with Gasteiger partial charge in [0.25, 0.3) is 0 Å². The zero-order chi connectivity index (χ0) is 63.0. The fourth-order valence-electron chi connectivity index (χ4n) is 15.4. The number of ether oxygens (including phenoxy) is 2. The van der Waals surface area contributed by atoms with Crippen LogP contribution in [-0.2, 0) is 12.3 Å². The highest BCUT2D eigenvalue weighted by Crippen LogP contribution is 2.62. The summed E-state index contributed by atoms with van der Waals surface area (Å²) in [5.41, 5.74) is 4.73. The first-order valence-electron chi connectivity index (χ1n) is 32.7. The molecule has 14 aromatic rings. The van der Waals surface area contributed by atoms with E-state index in [1.165, 1.54) is 84.4 Å². The lowest BCUT2D eigenvalue weighted by molar-refractivity contribution is 0.214. The molecule has 1 heterocycles. The first-order chi connectivity index (χ1) is 46.6. The molecule has 6 heteroatoms. The van der Waals surface area contributed by atoms with Gasteiger partial charge in [0.1, 0.15) is 71.1 Å². The van der Waals surface area contributed by atoms with Gasteiger partial charge in [-0.15, -0.1) is 0 Å². The summed E-state index contributed by atoms with van der Waals surface area (Å²) in [5, 5.41) is 18.3. The molecule has 15 rings (SSSR count). The summed E-state index contributed by atoms with van der Waals surface area (Å²) >= 11 is 0. The minimum Gasteiger partial charge on any atom is -0.489 e. The summed E-state index contributed by atoms with van der Waals surface area (Å²) in [6.07, 6.45) is 1.32. The van der Waals surface area contributed by atoms with Gasteiger partial charge < -0.3 is 9.47 Å². The van der Waals surface area contributed by atoms with E-state index in [0.717, 1.165) is 22.6 Å². The van der Waals surface area contributed by atoms with E-state index in [1.54, 1.807) is 0 Å². The summed E-state index contributed by atoms with van der Waals surface area (Å²) in [7, 11) is -12.5. The molecule has 1 aliphatic rings. The van der Waals surface area contributed by atoms with Crippen molar-refractivity contribution in [2.75, 3.05) is 13.2 Å². The molecule has 14 aromatic carbocycles. The predicted molar refractivity (Wildman–Crippen MR) is 408 cm³/mol. The lowest BCUT2D eigenvalue weighted by Crippen LogP contribution is -2.75. The Morgan fingerprint density at radius 3 is 0.585 bits per heavy atom. The first-order valence-corrected chi connectivity index (χ1v) is 40.6. The van der Waals surface area contributed by atoms with Crippen LogP contribution in [0.2, 0.25) is 0 Å². The van der Waals surface area contributed by atoms with Crippen LogP contribution in [0, 0.1) is 0 Å². The van der Waals surface area contributed by atoms with E-state index in [9.17, 15) is 0 Å². The van der Waals surface area contributed by atoms with Crippen LogP contribution in [0.1, 0.15) is 11.1 Å². The zero-order valence-electron chi connectivity index (χ0n) is 52.5. The average molecular weight is 1280 g/mol. The highest BCUT2D eigenvalue weighted by Gasteiger charge is 2.54. The SMILES string of the molecule is c1ccc([Si](c2ccccc2)(c2ccccc2)c2ccc3c(c2C[P+](c2ccccc2)(c2ccccc2)c2ccccc2)-c2c(ccc([Si](c4ccccc4)(c4ccccc4)c4ccccc4)c2C[P+](c2ccccc2)(c2ccccc2)c2ccccc2)OCCO3)cc1. The number of rotatable bonds is 18. The lowest BCUT2D eigenvalue weighted by Gasteiger charge is -2.40. The van der Waals surface area contributed by atoms with Gasteiger partial charge in [0.15, 0.2) is 16.1 Å². The quantitative estimate of drug-likeness (QED) is 0.0484. The predicted octanol–water partition coefficient (Wildman–Crippen LogP) is 12.9. The van der Waals surface area contributed by atoms with E-state index < -0.39 is 30.7 Å². The van der Waals surface area contributed by atoms with Gasteiger partial charge in [0.05, 0.1) is 12.3 Å². The molecule has 0 unspecified atom stereocenters. The third-order valence-corrected chi connectivity index (χ3v) is 37.8. The minimum atomic E-state index is -3.45. The van der Waals surface area contributed by atoms with Crippen molar-refractivity contribution < 1.29 is 9.47 Å². The van der Waals surface area contributed by atoms with Crippen molar-refractivity contribution in [1.29, 1.82) is 0 Å². The van der Waals surface area contributed by atoms with Crippen molar-refractivity contribution in [1.82, 2.24) is 0 Å². The second-order valence-corrected chi connectivity index (χ2v) is 38.8. The molecule has 0 bridgehead atoms. The number of benzene rings is 14. The lowest BCUT2D eigenvalue weighted by atomic mass is 9.94. The molecule has 0 atom stereocenters. The second kappa shape index (κ2) is 26.9. The smallest absolute Gasteiger partial charge is 0.180 e. The molecule has 0 fully saturated rings. The molecule has 452 valence electrons. The summed E-state index contributed by atoms with van der Waals surface area (Å²) in [6.45, 7) is 0.728. The Bertz CT molecular complexity index is 4090. The number of hydrogen-bond donors (Lipinski definition) is 0. The maximum atomic E-state index is 7.58. The van der Waals surface area contributed by atoms with E-state index in [-0.39, 0.29) is 0 Å². The molecule has 0 spiro atoms. The van der Waals surface area contributed by atoms with Crippen LogP contribution in [0.4, 0.5) is 0 Å². The van der Waals surface area contributed by atoms with E-state index in [0.29, 0.717) is 25.5 Å². The largest absolute Gasteiger partial charge is 0.489 e. The molecule has 0 amide bonds. The van der Waals surface area contributed by atoms with Crippen molar-refractivity contribution in [3.05, 3.63) is 399 Å². The maximum Gasteiger partial charge on any atom is 0.180 e. The Labute approximate surface area is 557 Å². The zero-order valence-corrected chi connectivity index (χ0v) is 56.3. The fourth-order valence-corrected chi connectivity index (χ4v) is 34.3. The third kappa shape index (κ3) is 10.6. The standard InChI is InChI=1S/C88H72O2P2Si2/c1-13-37-69(38-14-1)91(70-39-15-2-16-40-70,71-41-17-3-18-42-71)67-81-85(93(75-49-25-7-26-50-75,76-51-27-8-28-52-76)77-53-29-9-30-54-77)63-61-83-87(81)88-82(68-92(72-43-19-4-20-44-72,73-45-21-5-22-46-73)74-47-23-6-24-48-74)86(64-62-84(88)90-66-65-89-83)94(78-55-31-10-32-56-78,79-57-33-11-34-58-79)80-59-35-12-36-60-80/h1-64H,65-68H2/q+2. The van der Waals surface area contributed by atoms with Gasteiger partial charge in [0, 0.05) is 22.3 Å². The van der Waals surface area contributed by atoms with Gasteiger partial charge >= 0.3 is 0 Å². The highest BCUT2D eigenvalue weighted by molar-refractivity contribution is 7.95. The van der Waals surface area contributed by atoms with Crippen LogP contribution in [0.25, 0.3) is 11.1 Å². The Morgan fingerprint density at radius 2 is 0.394 bits per heavy atom. The fraction of sp³-hybridized carbons (Fsp3) is 0.0455. The van der Waals surface area contributed by atoms with Crippen molar-refractivity contribution in [3.63, 3.8) is 0 Å². The Balaban J connectivity index is 1.21. The second-order valence-electron chi connectivity index (χ2n) is 24.3. The van der Waals surface area contributed by atoms with Crippen molar-refractivity contribution >= 4 is 104 Å². The number of fused-ring (bicyclic) bond motifs is 3. The Morgan fingerprint density at radius 1 is 0.213 bits per heavy atom. The first kappa shape index (κ1) is 60.2. The molecule has 0 saturated carbocycles. The van der Waals surface area contributed by atoms with E-state index in [2.05, 4.69) is 388 Å². The van der Waals surface area contributed by atoms with Crippen LogP contribution >= 0.6 is 14.5 Å². The highest BCUT2D eigenvalue weighted by atomic mass is 31.2. The van der Waals surface area contributed by atoms with Gasteiger partial charge in [0.2, 0.25) is 0 Å². The normalized spacial score (nSPS) is 12.4. The minimum absolute atomic E-state index is 0.364. The topological polar surface area (TPSA) is 18.5 Å². The third-order valence-electron chi connectivity index (χ3n) is 19.4. The molecule has 94 heavy (non-hydrogen) atoms. The molecule has 1 aliphatic heterocycles. The van der Waals surface area contributed by atoms with Crippen LogP contribution in [0.15, 0.2) is 388 Å². The van der Waals surface area contributed by atoms with Crippen LogP contribution in [0.5, 0.6) is 11.5 Å². The molecule has 0 radical (unpaired) electrons. The van der Waals surface area contributed by atoms with E-state index in [1.807, 2.05) is 0 Å². The molecule has 0 aromatic heterocycles. The van der Waals surface area contributed by atoms with Gasteiger partial charge in [-0.25, -0.2) is 0 Å². The summed E-state index contributed by atoms with van der Waals surface area (Å²) in [5.74, 6) is 1.72. The molecule has 0 saturated heterocycles. The molecule has 0 N–H and O–H groups in total. The summed E-state index contributed by atoms with van der Waals surface area (Å²) < 4.78 is 15.2. The van der Waals surface area contributed by atoms with Crippen LogP contribution < -0.4 is 82.8 Å². The van der Waals surface area contributed by atoms with Crippen LogP contribution in [0.3, 0.4) is 0 Å². The average Bonchev–Trinajstić information content (AvgIpc) is 0.704.